The Hall–Kier alpha value is -1.40. The molecular weight excluding hydrogens is 142 g/mol. The standard InChI is InChI=1S/C8H7NO2/c9-6-8(11)3-1-2-7(4-8)5-10/h1,3-5,11H,2H2. The van der Waals surface area contributed by atoms with Crippen molar-refractivity contribution >= 4 is 6.29 Å². The fourth-order valence-electron chi connectivity index (χ4n) is 0.916. The van der Waals surface area contributed by atoms with Gasteiger partial charge in [0.2, 0.25) is 0 Å². The zero-order valence-corrected chi connectivity index (χ0v) is 5.82. The first-order chi connectivity index (χ1) is 5.20. The van der Waals surface area contributed by atoms with E-state index in [4.69, 9.17) is 5.26 Å². The van der Waals surface area contributed by atoms with Crippen molar-refractivity contribution in [1.29, 1.82) is 5.26 Å². The molecule has 1 rings (SSSR count). The van der Waals surface area contributed by atoms with E-state index in [0.29, 0.717) is 18.3 Å². The maximum atomic E-state index is 10.2. The lowest BCUT2D eigenvalue weighted by Gasteiger charge is -2.14. The van der Waals surface area contributed by atoms with Gasteiger partial charge >= 0.3 is 0 Å². The molecule has 0 aromatic rings. The molecule has 0 saturated heterocycles. The second-order valence-electron chi connectivity index (χ2n) is 2.38. The second-order valence-corrected chi connectivity index (χ2v) is 2.38. The summed E-state index contributed by atoms with van der Waals surface area (Å²) in [5, 5.41) is 17.8. The van der Waals surface area contributed by atoms with E-state index in [9.17, 15) is 9.90 Å². The Morgan fingerprint density at radius 3 is 3.09 bits per heavy atom. The lowest BCUT2D eigenvalue weighted by atomic mass is 9.95. The summed E-state index contributed by atoms with van der Waals surface area (Å²) < 4.78 is 0. The fraction of sp³-hybridized carbons (Fsp3) is 0.250. The minimum Gasteiger partial charge on any atom is -0.369 e. The molecule has 1 N–H and O–H groups in total. The van der Waals surface area contributed by atoms with E-state index in [0.717, 1.165) is 0 Å². The summed E-state index contributed by atoms with van der Waals surface area (Å²) in [4.78, 5) is 10.2. The summed E-state index contributed by atoms with van der Waals surface area (Å²) in [5.41, 5.74) is -1.13. The lowest BCUT2D eigenvalue weighted by Crippen LogP contribution is -2.22. The third-order valence-corrected chi connectivity index (χ3v) is 1.46. The van der Waals surface area contributed by atoms with Crippen LogP contribution in [0, 0.1) is 11.3 Å². The minimum absolute atomic E-state index is 0.441. The third-order valence-electron chi connectivity index (χ3n) is 1.46. The van der Waals surface area contributed by atoms with E-state index in [-0.39, 0.29) is 0 Å². The summed E-state index contributed by atoms with van der Waals surface area (Å²) in [6.07, 6.45) is 5.38. The second kappa shape index (κ2) is 2.69. The predicted molar refractivity (Wildman–Crippen MR) is 38.5 cm³/mol. The topological polar surface area (TPSA) is 61.1 Å². The van der Waals surface area contributed by atoms with Gasteiger partial charge in [-0.3, -0.25) is 4.79 Å². The van der Waals surface area contributed by atoms with E-state index in [2.05, 4.69) is 0 Å². The summed E-state index contributed by atoms with van der Waals surface area (Å²) in [6, 6.07) is 1.68. The molecular formula is C8H7NO2. The maximum absolute atomic E-state index is 10.2. The van der Waals surface area contributed by atoms with Gasteiger partial charge < -0.3 is 5.11 Å². The fourth-order valence-corrected chi connectivity index (χ4v) is 0.916. The van der Waals surface area contributed by atoms with Crippen molar-refractivity contribution in [1.82, 2.24) is 0 Å². The highest BCUT2D eigenvalue weighted by Gasteiger charge is 2.22. The minimum atomic E-state index is -1.57. The number of carbonyl (C=O) groups is 1. The number of nitriles is 1. The van der Waals surface area contributed by atoms with Gasteiger partial charge in [0.05, 0.1) is 0 Å². The van der Waals surface area contributed by atoms with Crippen LogP contribution in [0.1, 0.15) is 6.42 Å². The first kappa shape index (κ1) is 7.70. The molecule has 0 amide bonds. The molecule has 0 aromatic carbocycles. The number of nitrogens with zero attached hydrogens (tertiary/aromatic N) is 1. The van der Waals surface area contributed by atoms with E-state index in [1.807, 2.05) is 0 Å². The van der Waals surface area contributed by atoms with Gasteiger partial charge in [0, 0.05) is 0 Å². The molecule has 0 aliphatic heterocycles. The zero-order valence-electron chi connectivity index (χ0n) is 5.82. The van der Waals surface area contributed by atoms with Crippen molar-refractivity contribution in [3.05, 3.63) is 23.8 Å². The van der Waals surface area contributed by atoms with Crippen LogP contribution in [0.4, 0.5) is 0 Å². The number of hydrogen-bond donors (Lipinski definition) is 1. The van der Waals surface area contributed by atoms with Crippen molar-refractivity contribution in [2.75, 3.05) is 0 Å². The average molecular weight is 149 g/mol. The van der Waals surface area contributed by atoms with Gasteiger partial charge in [-0.2, -0.15) is 5.26 Å². The van der Waals surface area contributed by atoms with Crippen LogP contribution in [0.15, 0.2) is 23.8 Å². The number of aliphatic hydroxyl groups is 1. The van der Waals surface area contributed by atoms with Gasteiger partial charge in [-0.05, 0) is 24.1 Å². The van der Waals surface area contributed by atoms with Crippen LogP contribution in [0.3, 0.4) is 0 Å². The summed E-state index contributed by atoms with van der Waals surface area (Å²) in [7, 11) is 0. The number of allylic oxidation sites excluding steroid dienone is 2. The summed E-state index contributed by atoms with van der Waals surface area (Å²) in [6.45, 7) is 0. The monoisotopic (exact) mass is 149 g/mol. The highest BCUT2D eigenvalue weighted by Crippen LogP contribution is 2.17. The van der Waals surface area contributed by atoms with Gasteiger partial charge in [-0.25, -0.2) is 0 Å². The molecule has 1 aliphatic carbocycles. The maximum Gasteiger partial charge on any atom is 0.189 e. The first-order valence-corrected chi connectivity index (χ1v) is 3.18. The summed E-state index contributed by atoms with van der Waals surface area (Å²) in [5.74, 6) is 0. The lowest BCUT2D eigenvalue weighted by molar-refractivity contribution is -0.105. The molecule has 0 aromatic heterocycles. The molecule has 0 radical (unpaired) electrons. The van der Waals surface area contributed by atoms with Crippen LogP contribution in [-0.4, -0.2) is 17.0 Å². The number of aldehydes is 1. The van der Waals surface area contributed by atoms with E-state index < -0.39 is 5.60 Å². The van der Waals surface area contributed by atoms with Crippen LogP contribution < -0.4 is 0 Å². The molecule has 0 spiro atoms. The molecule has 0 bridgehead atoms. The van der Waals surface area contributed by atoms with E-state index >= 15 is 0 Å². The van der Waals surface area contributed by atoms with Crippen molar-refractivity contribution in [3.63, 3.8) is 0 Å². The molecule has 3 nitrogen and oxygen atoms in total. The van der Waals surface area contributed by atoms with E-state index in [1.165, 1.54) is 12.2 Å². The van der Waals surface area contributed by atoms with Crippen LogP contribution >= 0.6 is 0 Å². The zero-order chi connectivity index (χ0) is 8.32. The smallest absolute Gasteiger partial charge is 0.189 e. The quantitative estimate of drug-likeness (QED) is 0.332. The highest BCUT2D eigenvalue weighted by molar-refractivity contribution is 5.75. The van der Waals surface area contributed by atoms with Crippen molar-refractivity contribution < 1.29 is 9.90 Å². The van der Waals surface area contributed by atoms with Crippen molar-refractivity contribution in [2.24, 2.45) is 0 Å². The molecule has 0 fully saturated rings. The van der Waals surface area contributed by atoms with Gasteiger partial charge in [0.1, 0.15) is 12.4 Å². The molecule has 0 saturated carbocycles. The Morgan fingerprint density at radius 1 is 1.82 bits per heavy atom. The molecule has 11 heavy (non-hydrogen) atoms. The summed E-state index contributed by atoms with van der Waals surface area (Å²) >= 11 is 0. The van der Waals surface area contributed by atoms with Crippen molar-refractivity contribution in [2.45, 2.75) is 12.0 Å². The highest BCUT2D eigenvalue weighted by atomic mass is 16.3. The molecule has 56 valence electrons. The Labute approximate surface area is 64.3 Å². The van der Waals surface area contributed by atoms with Gasteiger partial charge in [-0.1, -0.05) is 6.08 Å². The molecule has 1 aliphatic rings. The number of carbonyl (C=O) groups excluding carboxylic acids is 1. The van der Waals surface area contributed by atoms with E-state index in [1.54, 1.807) is 12.1 Å². The molecule has 0 heterocycles. The van der Waals surface area contributed by atoms with Crippen LogP contribution in [0.5, 0.6) is 0 Å². The normalized spacial score (nSPS) is 28.9. The third kappa shape index (κ3) is 1.54. The van der Waals surface area contributed by atoms with Crippen LogP contribution in [0.25, 0.3) is 0 Å². The predicted octanol–water partition coefficient (Wildman–Crippen LogP) is 0.326. The number of hydrogen-bond acceptors (Lipinski definition) is 3. The number of rotatable bonds is 1. The average Bonchev–Trinajstić information content (AvgIpc) is 2.05. The van der Waals surface area contributed by atoms with Gasteiger partial charge in [-0.15, -0.1) is 0 Å². The Morgan fingerprint density at radius 2 is 2.55 bits per heavy atom. The van der Waals surface area contributed by atoms with Crippen LogP contribution in [-0.2, 0) is 4.79 Å². The molecule has 1 atom stereocenters. The molecule has 3 heteroatoms. The van der Waals surface area contributed by atoms with Gasteiger partial charge in [0.25, 0.3) is 0 Å². The Bertz CT molecular complexity index is 272. The van der Waals surface area contributed by atoms with Crippen molar-refractivity contribution in [3.8, 4) is 6.07 Å². The largest absolute Gasteiger partial charge is 0.369 e. The Kier molecular flexibility index (Phi) is 1.88. The Balaban J connectivity index is 2.95. The molecule has 1 unspecified atom stereocenters. The SMILES string of the molecule is N#CC1(O)C=CCC(C=O)=C1. The van der Waals surface area contributed by atoms with Crippen LogP contribution in [0.2, 0.25) is 0 Å². The first-order valence-electron chi connectivity index (χ1n) is 3.18. The van der Waals surface area contributed by atoms with Gasteiger partial charge in [0.15, 0.2) is 5.60 Å².